The Labute approximate surface area is 102 Å². The van der Waals surface area contributed by atoms with Crippen LogP contribution in [0.4, 0.5) is 0 Å². The molecule has 0 fully saturated rings. The molecule has 0 heterocycles. The van der Waals surface area contributed by atoms with Crippen molar-refractivity contribution in [3.8, 4) is 5.75 Å². The fraction of sp³-hybridized carbons (Fsp3) is 0.200. The smallest absolute Gasteiger partial charge is 0.124 e. The van der Waals surface area contributed by atoms with Gasteiger partial charge < -0.3 is 9.47 Å². The van der Waals surface area contributed by atoms with Crippen LogP contribution in [-0.4, -0.2) is 7.11 Å². The maximum absolute atomic E-state index is 5.67. The van der Waals surface area contributed by atoms with Crippen molar-refractivity contribution >= 4 is 0 Å². The molecule has 0 amide bonds. The molecule has 0 radical (unpaired) electrons. The summed E-state index contributed by atoms with van der Waals surface area (Å²) in [6.45, 7) is 1.19. The molecule has 0 saturated heterocycles. The zero-order chi connectivity index (χ0) is 11.9. The molecule has 2 rings (SSSR count). The molecule has 88 valence electrons. The highest BCUT2D eigenvalue weighted by Crippen LogP contribution is 2.18. The molecule has 0 aromatic heterocycles. The van der Waals surface area contributed by atoms with Crippen molar-refractivity contribution in [3.05, 3.63) is 65.7 Å². The first-order valence-electron chi connectivity index (χ1n) is 5.63. The lowest BCUT2D eigenvalue weighted by Gasteiger charge is -2.08. The molecule has 0 unspecified atom stereocenters. The molecule has 0 N–H and O–H groups in total. The van der Waals surface area contributed by atoms with Gasteiger partial charge in [-0.25, -0.2) is 0 Å². The van der Waals surface area contributed by atoms with Crippen molar-refractivity contribution in [2.75, 3.05) is 7.11 Å². The van der Waals surface area contributed by atoms with Crippen molar-refractivity contribution in [2.45, 2.75) is 13.2 Å². The summed E-state index contributed by atoms with van der Waals surface area (Å²) in [7, 11) is 1.68. The molecule has 0 spiro atoms. The summed E-state index contributed by atoms with van der Waals surface area (Å²) in [5, 5.41) is 0. The average Bonchev–Trinajstić information content (AvgIpc) is 2.40. The van der Waals surface area contributed by atoms with Gasteiger partial charge in [0.2, 0.25) is 0 Å². The van der Waals surface area contributed by atoms with Crippen molar-refractivity contribution in [1.82, 2.24) is 0 Å². The van der Waals surface area contributed by atoms with E-state index in [-0.39, 0.29) is 0 Å². The van der Waals surface area contributed by atoms with Crippen molar-refractivity contribution < 1.29 is 9.47 Å². The fourth-order valence-electron chi connectivity index (χ4n) is 1.68. The van der Waals surface area contributed by atoms with Gasteiger partial charge in [-0.05, 0) is 11.6 Å². The highest BCUT2D eigenvalue weighted by Gasteiger charge is 2.01. The first-order chi connectivity index (χ1) is 8.40. The third-order valence-corrected chi connectivity index (χ3v) is 2.56. The molecular weight excluding hydrogens is 212 g/mol. The molecule has 0 atom stereocenters. The van der Waals surface area contributed by atoms with E-state index in [1.54, 1.807) is 7.11 Å². The van der Waals surface area contributed by atoms with Crippen LogP contribution in [0, 0.1) is 0 Å². The van der Waals surface area contributed by atoms with Crippen LogP contribution in [0.3, 0.4) is 0 Å². The average molecular weight is 228 g/mol. The summed E-state index contributed by atoms with van der Waals surface area (Å²) in [5.74, 6) is 0.876. The van der Waals surface area contributed by atoms with Gasteiger partial charge in [-0.3, -0.25) is 0 Å². The number of hydrogen-bond donors (Lipinski definition) is 0. The zero-order valence-electron chi connectivity index (χ0n) is 9.93. The molecule has 2 aromatic rings. The molecule has 2 aromatic carbocycles. The lowest BCUT2D eigenvalue weighted by atomic mass is 10.2. The Hall–Kier alpha value is -1.80. The van der Waals surface area contributed by atoms with Crippen LogP contribution in [0.15, 0.2) is 54.6 Å². The molecule has 17 heavy (non-hydrogen) atoms. The van der Waals surface area contributed by atoms with Crippen LogP contribution in [0.2, 0.25) is 0 Å². The summed E-state index contributed by atoms with van der Waals surface area (Å²) < 4.78 is 10.9. The molecule has 0 aliphatic heterocycles. The minimum atomic E-state index is 0.568. The van der Waals surface area contributed by atoms with E-state index in [2.05, 4.69) is 12.1 Å². The molecule has 2 nitrogen and oxygen atoms in total. The SMILES string of the molecule is COc1ccccc1COCc1ccccc1. The second kappa shape index (κ2) is 6.06. The second-order valence-corrected chi connectivity index (χ2v) is 3.79. The predicted octanol–water partition coefficient (Wildman–Crippen LogP) is 3.41. The number of methoxy groups -OCH3 is 1. The summed E-state index contributed by atoms with van der Waals surface area (Å²) in [5.41, 5.74) is 2.26. The normalized spacial score (nSPS) is 10.2. The van der Waals surface area contributed by atoms with E-state index in [1.165, 1.54) is 5.56 Å². The molecule has 2 heteroatoms. The van der Waals surface area contributed by atoms with E-state index in [1.807, 2.05) is 42.5 Å². The van der Waals surface area contributed by atoms with Gasteiger partial charge in [0.25, 0.3) is 0 Å². The number of para-hydroxylation sites is 1. The Balaban J connectivity index is 1.90. The van der Waals surface area contributed by atoms with Gasteiger partial charge in [0, 0.05) is 5.56 Å². The van der Waals surface area contributed by atoms with E-state index in [0.717, 1.165) is 11.3 Å². The van der Waals surface area contributed by atoms with Crippen LogP contribution >= 0.6 is 0 Å². The highest BCUT2D eigenvalue weighted by molar-refractivity contribution is 5.32. The van der Waals surface area contributed by atoms with Gasteiger partial charge in [-0.2, -0.15) is 0 Å². The third-order valence-electron chi connectivity index (χ3n) is 2.56. The van der Waals surface area contributed by atoms with E-state index >= 15 is 0 Å². The lowest BCUT2D eigenvalue weighted by molar-refractivity contribution is 0.105. The number of ether oxygens (including phenoxy) is 2. The van der Waals surface area contributed by atoms with Crippen LogP contribution in [0.25, 0.3) is 0 Å². The standard InChI is InChI=1S/C15H16O2/c1-16-15-10-6-5-9-14(15)12-17-11-13-7-3-2-4-8-13/h2-10H,11-12H2,1H3. The predicted molar refractivity (Wildman–Crippen MR) is 67.9 cm³/mol. The Bertz CT molecular complexity index is 451. The quantitative estimate of drug-likeness (QED) is 0.780. The van der Waals surface area contributed by atoms with E-state index < -0.39 is 0 Å². The Morgan fingerprint density at radius 3 is 2.29 bits per heavy atom. The van der Waals surface area contributed by atoms with E-state index in [0.29, 0.717) is 13.2 Å². The summed E-state index contributed by atoms with van der Waals surface area (Å²) in [6, 6.07) is 18.1. The number of rotatable bonds is 5. The van der Waals surface area contributed by atoms with Crippen molar-refractivity contribution in [3.63, 3.8) is 0 Å². The first kappa shape index (κ1) is 11.7. The Morgan fingerprint density at radius 2 is 1.53 bits per heavy atom. The minimum Gasteiger partial charge on any atom is -0.496 e. The monoisotopic (exact) mass is 228 g/mol. The maximum atomic E-state index is 5.67. The Kier molecular flexibility index (Phi) is 4.17. The molecule has 0 saturated carbocycles. The molecular formula is C15H16O2. The third kappa shape index (κ3) is 3.33. The molecule has 0 aliphatic rings. The number of hydrogen-bond acceptors (Lipinski definition) is 2. The second-order valence-electron chi connectivity index (χ2n) is 3.79. The van der Waals surface area contributed by atoms with Crippen LogP contribution in [0.5, 0.6) is 5.75 Å². The van der Waals surface area contributed by atoms with Gasteiger partial charge in [0.15, 0.2) is 0 Å². The molecule has 0 aliphatic carbocycles. The summed E-state index contributed by atoms with van der Waals surface area (Å²) in [6.07, 6.45) is 0. The van der Waals surface area contributed by atoms with Crippen molar-refractivity contribution in [2.24, 2.45) is 0 Å². The topological polar surface area (TPSA) is 18.5 Å². The fourth-order valence-corrected chi connectivity index (χ4v) is 1.68. The van der Waals surface area contributed by atoms with Gasteiger partial charge >= 0.3 is 0 Å². The number of benzene rings is 2. The van der Waals surface area contributed by atoms with Gasteiger partial charge in [-0.15, -0.1) is 0 Å². The van der Waals surface area contributed by atoms with Crippen LogP contribution in [-0.2, 0) is 18.0 Å². The zero-order valence-corrected chi connectivity index (χ0v) is 9.93. The van der Waals surface area contributed by atoms with Gasteiger partial charge in [-0.1, -0.05) is 48.5 Å². The molecule has 0 bridgehead atoms. The van der Waals surface area contributed by atoms with E-state index in [9.17, 15) is 0 Å². The van der Waals surface area contributed by atoms with Crippen LogP contribution < -0.4 is 4.74 Å². The lowest BCUT2D eigenvalue weighted by Crippen LogP contribution is -1.96. The van der Waals surface area contributed by atoms with E-state index in [4.69, 9.17) is 9.47 Å². The van der Waals surface area contributed by atoms with Gasteiger partial charge in [0.1, 0.15) is 5.75 Å². The maximum Gasteiger partial charge on any atom is 0.124 e. The highest BCUT2D eigenvalue weighted by atomic mass is 16.5. The largest absolute Gasteiger partial charge is 0.496 e. The summed E-state index contributed by atoms with van der Waals surface area (Å²) in [4.78, 5) is 0. The minimum absolute atomic E-state index is 0.568. The van der Waals surface area contributed by atoms with Crippen LogP contribution in [0.1, 0.15) is 11.1 Å². The van der Waals surface area contributed by atoms with Gasteiger partial charge in [0.05, 0.1) is 20.3 Å². The van der Waals surface area contributed by atoms with Crippen molar-refractivity contribution in [1.29, 1.82) is 0 Å². The Morgan fingerprint density at radius 1 is 0.824 bits per heavy atom. The summed E-state index contributed by atoms with van der Waals surface area (Å²) >= 11 is 0. The first-order valence-corrected chi connectivity index (χ1v) is 5.63.